The van der Waals surface area contributed by atoms with E-state index in [0.717, 1.165) is 148 Å². The third-order valence-electron chi connectivity index (χ3n) is 11.6. The minimum atomic E-state index is -0.813. The van der Waals surface area contributed by atoms with Gasteiger partial charge in [0.1, 0.15) is 13.2 Å². The van der Waals surface area contributed by atoms with Crippen LogP contribution in [-0.2, 0) is 28.6 Å². The Morgan fingerprint density at radius 1 is 0.296 bits per heavy atom. The summed E-state index contributed by atoms with van der Waals surface area (Å²) in [5.74, 6) is -0.979. The summed E-state index contributed by atoms with van der Waals surface area (Å²) in [4.78, 5) is 38.2. The number of rotatable bonds is 50. The highest BCUT2D eigenvalue weighted by Crippen LogP contribution is 2.13. The summed E-state index contributed by atoms with van der Waals surface area (Å²) in [5, 5.41) is 0. The molecule has 0 bridgehead atoms. The highest BCUT2D eigenvalue weighted by Gasteiger charge is 2.19. The van der Waals surface area contributed by atoms with Crippen molar-refractivity contribution in [3.05, 3.63) is 134 Å². The zero-order valence-corrected chi connectivity index (χ0v) is 45.7. The molecule has 0 heterocycles. The van der Waals surface area contributed by atoms with Gasteiger partial charge in [-0.05, 0) is 135 Å². The number of esters is 3. The number of carbonyl (C=O) groups excluding carboxylic acids is 3. The summed E-state index contributed by atoms with van der Waals surface area (Å²) in [7, 11) is 0. The van der Waals surface area contributed by atoms with E-state index >= 15 is 0 Å². The van der Waals surface area contributed by atoms with E-state index in [1.807, 2.05) is 0 Å². The van der Waals surface area contributed by atoms with Gasteiger partial charge in [-0.2, -0.15) is 0 Å². The lowest BCUT2D eigenvalue weighted by molar-refractivity contribution is -0.167. The van der Waals surface area contributed by atoms with Crippen LogP contribution in [0.15, 0.2) is 134 Å². The van der Waals surface area contributed by atoms with Gasteiger partial charge in [0.25, 0.3) is 0 Å². The minimum Gasteiger partial charge on any atom is -0.462 e. The smallest absolute Gasteiger partial charge is 0.306 e. The lowest BCUT2D eigenvalue weighted by Crippen LogP contribution is -2.30. The van der Waals surface area contributed by atoms with Crippen molar-refractivity contribution in [2.24, 2.45) is 0 Å². The molecule has 0 aliphatic heterocycles. The van der Waals surface area contributed by atoms with Gasteiger partial charge in [0.15, 0.2) is 6.10 Å². The van der Waals surface area contributed by atoms with Gasteiger partial charge >= 0.3 is 17.9 Å². The normalized spacial score (nSPS) is 13.1. The van der Waals surface area contributed by atoms with Crippen molar-refractivity contribution >= 4 is 17.9 Å². The fourth-order valence-corrected chi connectivity index (χ4v) is 7.37. The van der Waals surface area contributed by atoms with Crippen molar-refractivity contribution in [2.75, 3.05) is 13.2 Å². The first-order valence-electron chi connectivity index (χ1n) is 28.7. The molecule has 0 rings (SSSR count). The number of hydrogen-bond donors (Lipinski definition) is 0. The third kappa shape index (κ3) is 56.3. The minimum absolute atomic E-state index is 0.108. The van der Waals surface area contributed by atoms with Crippen LogP contribution in [0.5, 0.6) is 0 Å². The number of ether oxygens (including phenoxy) is 3. The van der Waals surface area contributed by atoms with Crippen LogP contribution in [0.4, 0.5) is 0 Å². The van der Waals surface area contributed by atoms with Gasteiger partial charge in [-0.25, -0.2) is 0 Å². The molecule has 0 aromatic carbocycles. The van der Waals surface area contributed by atoms with Gasteiger partial charge < -0.3 is 14.2 Å². The monoisotopic (exact) mass is 981 g/mol. The molecule has 0 saturated carbocycles. The molecule has 6 heteroatoms. The average molecular weight is 982 g/mol. The lowest BCUT2D eigenvalue weighted by atomic mass is 10.1. The summed E-state index contributed by atoms with van der Waals surface area (Å²) in [6.45, 7) is 6.32. The Bertz CT molecular complexity index is 1550. The maximum absolute atomic E-state index is 12.9. The summed E-state index contributed by atoms with van der Waals surface area (Å²) >= 11 is 0. The molecule has 0 aromatic rings. The largest absolute Gasteiger partial charge is 0.462 e. The second-order valence-electron chi connectivity index (χ2n) is 18.4. The van der Waals surface area contributed by atoms with Crippen LogP contribution in [0.2, 0.25) is 0 Å². The third-order valence-corrected chi connectivity index (χ3v) is 11.6. The van der Waals surface area contributed by atoms with Crippen LogP contribution in [0.1, 0.15) is 239 Å². The average Bonchev–Trinajstić information content (AvgIpc) is 3.37. The highest BCUT2D eigenvalue weighted by atomic mass is 16.6. The van der Waals surface area contributed by atoms with Crippen molar-refractivity contribution in [3.8, 4) is 0 Å². The molecule has 0 N–H and O–H groups in total. The van der Waals surface area contributed by atoms with Crippen LogP contribution in [0, 0.1) is 0 Å². The van der Waals surface area contributed by atoms with Crippen molar-refractivity contribution in [2.45, 2.75) is 245 Å². The summed E-state index contributed by atoms with van der Waals surface area (Å²) in [6.07, 6.45) is 81.5. The van der Waals surface area contributed by atoms with E-state index in [2.05, 4.69) is 154 Å². The number of carbonyl (C=O) groups is 3. The van der Waals surface area contributed by atoms with E-state index in [9.17, 15) is 14.4 Å². The van der Waals surface area contributed by atoms with Crippen LogP contribution in [-0.4, -0.2) is 37.2 Å². The fraction of sp³-hybridized carbons (Fsp3) is 0.615. The SMILES string of the molecule is CC/C=C\C/C=C\C/C=C\C/C=C\C/C=C\C/C=C\CCCCC(=O)OCC(COC(=O)CCCCCCC/C=C\C/C=C\CCCCC)OC(=O)CCCCCCCCC/C=C\C/C=C\C/C=C\CC. The van der Waals surface area contributed by atoms with Gasteiger partial charge in [-0.1, -0.05) is 219 Å². The van der Waals surface area contributed by atoms with Gasteiger partial charge in [0, 0.05) is 19.3 Å². The first kappa shape index (κ1) is 66.6. The van der Waals surface area contributed by atoms with Crippen LogP contribution >= 0.6 is 0 Å². The van der Waals surface area contributed by atoms with Gasteiger partial charge in [0.2, 0.25) is 0 Å². The Balaban J connectivity index is 4.52. The molecule has 0 spiro atoms. The molecule has 71 heavy (non-hydrogen) atoms. The molecule has 6 nitrogen and oxygen atoms in total. The second-order valence-corrected chi connectivity index (χ2v) is 18.4. The Kier molecular flexibility index (Phi) is 54.5. The van der Waals surface area contributed by atoms with Crippen LogP contribution in [0.3, 0.4) is 0 Å². The van der Waals surface area contributed by atoms with E-state index in [1.54, 1.807) is 0 Å². The van der Waals surface area contributed by atoms with Crippen molar-refractivity contribution < 1.29 is 28.6 Å². The molecule has 0 radical (unpaired) electrons. The Morgan fingerprint density at radius 3 is 0.887 bits per heavy atom. The zero-order chi connectivity index (χ0) is 51.4. The Labute approximate surface area is 436 Å². The van der Waals surface area contributed by atoms with Gasteiger partial charge in [-0.3, -0.25) is 14.4 Å². The van der Waals surface area contributed by atoms with Crippen molar-refractivity contribution in [1.82, 2.24) is 0 Å². The van der Waals surface area contributed by atoms with Crippen LogP contribution in [0.25, 0.3) is 0 Å². The highest BCUT2D eigenvalue weighted by molar-refractivity contribution is 5.71. The molecule has 0 amide bonds. The molecular weight excluding hydrogens is 877 g/mol. The van der Waals surface area contributed by atoms with Crippen molar-refractivity contribution in [3.63, 3.8) is 0 Å². The summed E-state index contributed by atoms with van der Waals surface area (Å²) in [5.41, 5.74) is 0. The molecule has 1 unspecified atom stereocenters. The lowest BCUT2D eigenvalue weighted by Gasteiger charge is -2.18. The predicted molar refractivity (Wildman–Crippen MR) is 306 cm³/mol. The zero-order valence-electron chi connectivity index (χ0n) is 45.7. The van der Waals surface area contributed by atoms with E-state index in [4.69, 9.17) is 14.2 Å². The maximum Gasteiger partial charge on any atom is 0.306 e. The number of unbranched alkanes of at least 4 members (excludes halogenated alkanes) is 17. The fourth-order valence-electron chi connectivity index (χ4n) is 7.37. The first-order valence-corrected chi connectivity index (χ1v) is 28.7. The second kappa shape index (κ2) is 58.1. The Morgan fingerprint density at radius 2 is 0.549 bits per heavy atom. The predicted octanol–water partition coefficient (Wildman–Crippen LogP) is 19.4. The van der Waals surface area contributed by atoms with Gasteiger partial charge in [0.05, 0.1) is 0 Å². The Hall–Kier alpha value is -4.45. The van der Waals surface area contributed by atoms with Crippen LogP contribution < -0.4 is 0 Å². The standard InChI is InChI=1S/C65H104O6/c1-4-7-10-13-16-19-22-25-28-30-31-32-33-35-37-40-43-46-49-52-55-58-64(67)70-61-62(60-69-63(66)57-54-51-48-45-42-39-36-27-24-21-18-15-12-9-6-3)71-65(68)59-56-53-50-47-44-41-38-34-29-26-23-20-17-14-11-8-5-2/h7-8,10-11,16-21,25-29,31-32,35-37,43,46,62H,4-6,9,12-15,22-24,30,33-34,38-42,44-45,47-61H2,1-3H3/b10-7-,11-8-,19-16-,20-17-,21-18-,28-25-,29-26-,32-31-,36-27-,37-35-,46-43-. The molecule has 0 aromatic heterocycles. The topological polar surface area (TPSA) is 78.9 Å². The number of hydrogen-bond acceptors (Lipinski definition) is 6. The maximum atomic E-state index is 12.9. The first-order chi connectivity index (χ1) is 35.0. The molecular formula is C65H104O6. The van der Waals surface area contributed by atoms with Crippen molar-refractivity contribution in [1.29, 1.82) is 0 Å². The molecule has 400 valence electrons. The molecule has 0 fully saturated rings. The van der Waals surface area contributed by atoms with E-state index in [1.165, 1.54) is 44.9 Å². The molecule has 0 saturated heterocycles. The summed E-state index contributed by atoms with van der Waals surface area (Å²) < 4.78 is 16.8. The number of allylic oxidation sites excluding steroid dienone is 22. The summed E-state index contributed by atoms with van der Waals surface area (Å²) in [6, 6.07) is 0. The van der Waals surface area contributed by atoms with E-state index < -0.39 is 6.10 Å². The molecule has 0 aliphatic rings. The molecule has 1 atom stereocenters. The van der Waals surface area contributed by atoms with Gasteiger partial charge in [-0.15, -0.1) is 0 Å². The van der Waals surface area contributed by atoms with E-state index in [-0.39, 0.29) is 31.1 Å². The van der Waals surface area contributed by atoms with E-state index in [0.29, 0.717) is 25.7 Å². The quantitative estimate of drug-likeness (QED) is 0.0262. The molecule has 0 aliphatic carbocycles.